The number of pyridine rings is 1. The maximum Gasteiger partial charge on any atom is 0.309 e. The van der Waals surface area contributed by atoms with Crippen molar-refractivity contribution in [1.29, 1.82) is 0 Å². The fourth-order valence-electron chi connectivity index (χ4n) is 4.41. The molecule has 164 valence electrons. The van der Waals surface area contributed by atoms with Crippen LogP contribution in [0.25, 0.3) is 10.9 Å². The van der Waals surface area contributed by atoms with Crippen LogP contribution in [0.1, 0.15) is 23.2 Å². The summed E-state index contributed by atoms with van der Waals surface area (Å²) in [6, 6.07) is 17.9. The quantitative estimate of drug-likeness (QED) is 0.634. The Morgan fingerprint density at radius 3 is 2.78 bits per heavy atom. The largest absolute Gasteiger partial charge is 0.489 e. The predicted molar refractivity (Wildman–Crippen MR) is 119 cm³/mol. The van der Waals surface area contributed by atoms with Gasteiger partial charge in [-0.15, -0.1) is 0 Å². The van der Waals surface area contributed by atoms with E-state index in [4.69, 9.17) is 14.3 Å². The smallest absolute Gasteiger partial charge is 0.309 e. The van der Waals surface area contributed by atoms with Crippen molar-refractivity contribution in [1.82, 2.24) is 4.98 Å². The van der Waals surface area contributed by atoms with Crippen LogP contribution in [0, 0.1) is 18.8 Å². The normalized spacial score (nSPS) is 22.5. The summed E-state index contributed by atoms with van der Waals surface area (Å²) in [7, 11) is 0. The highest BCUT2D eigenvalue weighted by atomic mass is 16.6. The minimum absolute atomic E-state index is 0.185. The lowest BCUT2D eigenvalue weighted by Crippen LogP contribution is -2.32. The number of nitrogens with zero attached hydrogens (tertiary/aromatic N) is 2. The average Bonchev–Trinajstić information content (AvgIpc) is 3.47. The molecule has 1 aromatic heterocycles. The maximum absolute atomic E-state index is 11.4. The first-order valence-electron chi connectivity index (χ1n) is 10.7. The third kappa shape index (κ3) is 4.03. The molecule has 3 heterocycles. The molecule has 3 aromatic rings. The van der Waals surface area contributed by atoms with Gasteiger partial charge in [-0.3, -0.25) is 9.78 Å². The molecule has 0 saturated carbocycles. The van der Waals surface area contributed by atoms with Crippen molar-refractivity contribution in [3.63, 3.8) is 0 Å². The van der Waals surface area contributed by atoms with Crippen molar-refractivity contribution >= 4 is 22.6 Å². The van der Waals surface area contributed by atoms with Crippen molar-refractivity contribution < 1.29 is 24.2 Å². The molecule has 2 aliphatic rings. The number of carbonyl (C=O) groups is 1. The second kappa shape index (κ2) is 8.59. The minimum atomic E-state index is -0.844. The molecular weight excluding hydrogens is 408 g/mol. The van der Waals surface area contributed by atoms with E-state index in [1.54, 1.807) is 0 Å². The Kier molecular flexibility index (Phi) is 5.49. The van der Waals surface area contributed by atoms with Gasteiger partial charge in [-0.05, 0) is 48.9 Å². The lowest BCUT2D eigenvalue weighted by molar-refractivity contribution is -0.144. The number of rotatable bonds is 6. The van der Waals surface area contributed by atoms with Crippen LogP contribution in [0.2, 0.25) is 0 Å². The Balaban J connectivity index is 1.23. The van der Waals surface area contributed by atoms with Gasteiger partial charge in [0.15, 0.2) is 0 Å². The Bertz CT molecular complexity index is 1170. The van der Waals surface area contributed by atoms with E-state index in [1.807, 2.05) is 49.4 Å². The second-order valence-electron chi connectivity index (χ2n) is 8.28. The molecule has 1 unspecified atom stereocenters. The number of fused-ring (bicyclic) bond motifs is 1. The lowest BCUT2D eigenvalue weighted by atomic mass is 9.87. The summed E-state index contributed by atoms with van der Waals surface area (Å²) in [6.45, 7) is 3.06. The van der Waals surface area contributed by atoms with Crippen molar-refractivity contribution in [2.75, 3.05) is 13.2 Å². The van der Waals surface area contributed by atoms with Crippen LogP contribution in [-0.4, -0.2) is 41.1 Å². The first-order valence-corrected chi connectivity index (χ1v) is 10.7. The Labute approximate surface area is 185 Å². The zero-order chi connectivity index (χ0) is 22.1. The molecule has 3 atom stereocenters. The van der Waals surface area contributed by atoms with Crippen LogP contribution in [0.15, 0.2) is 59.8 Å². The van der Waals surface area contributed by atoms with E-state index in [9.17, 15) is 9.90 Å². The number of benzene rings is 2. The molecule has 2 aliphatic heterocycles. The number of carboxylic acids is 1. The van der Waals surface area contributed by atoms with Gasteiger partial charge >= 0.3 is 5.97 Å². The van der Waals surface area contributed by atoms with Gasteiger partial charge in [-0.25, -0.2) is 0 Å². The Hall–Kier alpha value is -3.45. The van der Waals surface area contributed by atoms with Gasteiger partial charge in [0.2, 0.25) is 0 Å². The third-order valence-electron chi connectivity index (χ3n) is 6.12. The number of carboxylic acid groups (broad SMARTS) is 1. The number of aromatic nitrogens is 1. The summed E-state index contributed by atoms with van der Waals surface area (Å²) in [4.78, 5) is 21.6. The van der Waals surface area contributed by atoms with Crippen LogP contribution in [0.5, 0.6) is 5.75 Å². The Morgan fingerprint density at radius 1 is 1.16 bits per heavy atom. The zero-order valence-corrected chi connectivity index (χ0v) is 17.7. The number of oxime groups is 1. The topological polar surface area (TPSA) is 90.2 Å². The molecular formula is C25H24N2O5. The minimum Gasteiger partial charge on any atom is -0.489 e. The van der Waals surface area contributed by atoms with E-state index in [0.29, 0.717) is 19.6 Å². The molecule has 32 heavy (non-hydrogen) atoms. The number of ether oxygens (including phenoxy) is 2. The summed E-state index contributed by atoms with van der Waals surface area (Å²) < 4.78 is 11.4. The van der Waals surface area contributed by atoms with Crippen molar-refractivity contribution in [2.24, 2.45) is 17.0 Å². The van der Waals surface area contributed by atoms with Crippen molar-refractivity contribution in [3.8, 4) is 5.75 Å². The molecule has 0 radical (unpaired) electrons. The lowest BCUT2D eigenvalue weighted by Gasteiger charge is -2.18. The molecule has 0 bridgehead atoms. The summed E-state index contributed by atoms with van der Waals surface area (Å²) >= 11 is 0. The van der Waals surface area contributed by atoms with E-state index < -0.39 is 11.9 Å². The van der Waals surface area contributed by atoms with Gasteiger partial charge in [-0.2, -0.15) is 0 Å². The van der Waals surface area contributed by atoms with Crippen LogP contribution in [0.4, 0.5) is 0 Å². The summed E-state index contributed by atoms with van der Waals surface area (Å²) in [6.07, 6.45) is 0.299. The number of hydrogen-bond acceptors (Lipinski definition) is 6. The number of aliphatic carboxylic acids is 1. The molecule has 0 spiro atoms. The molecule has 0 amide bonds. The molecule has 5 rings (SSSR count). The molecule has 2 aromatic carbocycles. The monoisotopic (exact) mass is 432 g/mol. The number of aryl methyl sites for hydroxylation is 1. The van der Waals surface area contributed by atoms with E-state index in [2.05, 4.69) is 22.3 Å². The highest BCUT2D eigenvalue weighted by Gasteiger charge is 2.42. The van der Waals surface area contributed by atoms with Crippen molar-refractivity contribution in [3.05, 3.63) is 71.4 Å². The number of hydrogen-bond donors (Lipinski definition) is 1. The van der Waals surface area contributed by atoms with Gasteiger partial charge in [0.25, 0.3) is 0 Å². The molecule has 1 N–H and O–H groups in total. The third-order valence-corrected chi connectivity index (χ3v) is 6.12. The molecule has 7 nitrogen and oxygen atoms in total. The zero-order valence-electron chi connectivity index (χ0n) is 17.7. The van der Waals surface area contributed by atoms with Crippen molar-refractivity contribution in [2.45, 2.75) is 26.1 Å². The fourth-order valence-corrected chi connectivity index (χ4v) is 4.41. The first kappa shape index (κ1) is 20.5. The Morgan fingerprint density at radius 2 is 1.97 bits per heavy atom. The van der Waals surface area contributed by atoms with Crippen LogP contribution in [-0.2, 0) is 21.0 Å². The molecule has 1 saturated heterocycles. The summed E-state index contributed by atoms with van der Waals surface area (Å²) in [5.74, 6) is -0.810. The SMILES string of the molecule is Cc1cc(COc2ccc(C3=NOC([C@@H]4COC[C@@H]4C(=O)O)C3)cc2)c2ccccc2n1. The second-order valence-corrected chi connectivity index (χ2v) is 8.28. The highest BCUT2D eigenvalue weighted by Crippen LogP contribution is 2.32. The van der Waals surface area contributed by atoms with E-state index in [0.717, 1.165) is 39.2 Å². The molecule has 0 aliphatic carbocycles. The van der Waals surface area contributed by atoms with E-state index in [-0.39, 0.29) is 18.6 Å². The van der Waals surface area contributed by atoms with Gasteiger partial charge < -0.3 is 19.4 Å². The molecule has 1 fully saturated rings. The van der Waals surface area contributed by atoms with Crippen LogP contribution < -0.4 is 4.74 Å². The van der Waals surface area contributed by atoms with Crippen LogP contribution in [0.3, 0.4) is 0 Å². The molecule has 7 heteroatoms. The van der Waals surface area contributed by atoms with E-state index >= 15 is 0 Å². The van der Waals surface area contributed by atoms with Gasteiger partial charge in [0, 0.05) is 29.0 Å². The van der Waals surface area contributed by atoms with Gasteiger partial charge in [0.1, 0.15) is 18.5 Å². The van der Waals surface area contributed by atoms with Crippen LogP contribution >= 0.6 is 0 Å². The average molecular weight is 432 g/mol. The maximum atomic E-state index is 11.4. The first-order chi connectivity index (χ1) is 15.6. The fraction of sp³-hybridized carbons (Fsp3) is 0.320. The summed E-state index contributed by atoms with van der Waals surface area (Å²) in [5.41, 5.74) is 4.78. The number of para-hydroxylation sites is 1. The standard InChI is InChI=1S/C25H24N2O5/c1-15-10-17(19-4-2-3-5-22(19)26-15)12-31-18-8-6-16(7-9-18)23-11-24(32-27-23)20-13-30-14-21(20)25(28)29/h2-10,20-21,24H,11-14H2,1H3,(H,28,29)/t20-,21+,24?/m1/s1. The predicted octanol–water partition coefficient (Wildman–Crippen LogP) is 3.96. The summed E-state index contributed by atoms with van der Waals surface area (Å²) in [5, 5.41) is 14.7. The highest BCUT2D eigenvalue weighted by molar-refractivity contribution is 6.01. The van der Waals surface area contributed by atoms with Gasteiger partial charge in [0.05, 0.1) is 30.4 Å². The van der Waals surface area contributed by atoms with Gasteiger partial charge in [-0.1, -0.05) is 23.4 Å². The van der Waals surface area contributed by atoms with E-state index in [1.165, 1.54) is 0 Å².